The second kappa shape index (κ2) is 9.85. The molecule has 1 aliphatic heterocycles. The van der Waals surface area contributed by atoms with Gasteiger partial charge in [-0.25, -0.2) is 0 Å². The van der Waals surface area contributed by atoms with Gasteiger partial charge in [0.25, 0.3) is 0 Å². The Kier molecular flexibility index (Phi) is 7.51. The van der Waals surface area contributed by atoms with E-state index in [0.717, 1.165) is 31.1 Å². The highest BCUT2D eigenvalue weighted by atomic mass is 35.5. The van der Waals surface area contributed by atoms with E-state index in [0.29, 0.717) is 12.4 Å². The highest BCUT2D eigenvalue weighted by Gasteiger charge is 2.15. The van der Waals surface area contributed by atoms with Crippen LogP contribution in [-0.2, 0) is 16.1 Å². The van der Waals surface area contributed by atoms with Gasteiger partial charge in [-0.3, -0.25) is 9.69 Å². The Morgan fingerprint density at radius 2 is 1.92 bits per heavy atom. The molecule has 1 saturated heterocycles. The number of benzene rings is 2. The molecular weight excluding hydrogens is 352 g/mol. The number of nitrogens with zero attached hydrogens (tertiary/aromatic N) is 1. The summed E-state index contributed by atoms with van der Waals surface area (Å²) in [6, 6.07) is 17.6. The minimum absolute atomic E-state index is 0. The number of morpholine rings is 1. The fourth-order valence-electron chi connectivity index (χ4n) is 2.65. The minimum atomic E-state index is -0.0927. The van der Waals surface area contributed by atoms with E-state index in [1.807, 2.05) is 18.2 Å². The standard InChI is InChI=1S/C20H22N2O3.ClH/c1-16(23)21-18-7-9-19(10-8-18)25-15-20-14-22(11-12-24-20)13-17-5-3-2-4-6-17;/h2-10,15H,11-14H2,1H3,(H,21,23);1H. The summed E-state index contributed by atoms with van der Waals surface area (Å²) < 4.78 is 11.4. The molecule has 26 heavy (non-hydrogen) atoms. The monoisotopic (exact) mass is 374 g/mol. The second-order valence-electron chi connectivity index (χ2n) is 5.95. The van der Waals surface area contributed by atoms with Crippen LogP contribution < -0.4 is 10.1 Å². The number of carbonyl (C=O) groups is 1. The van der Waals surface area contributed by atoms with Gasteiger partial charge in [0.05, 0.1) is 6.54 Å². The van der Waals surface area contributed by atoms with Gasteiger partial charge in [-0.05, 0) is 29.8 Å². The van der Waals surface area contributed by atoms with E-state index >= 15 is 0 Å². The molecule has 2 aromatic rings. The van der Waals surface area contributed by atoms with Crippen molar-refractivity contribution >= 4 is 24.0 Å². The summed E-state index contributed by atoms with van der Waals surface area (Å²) in [5.41, 5.74) is 2.04. The molecule has 6 heteroatoms. The van der Waals surface area contributed by atoms with Crippen LogP contribution in [-0.4, -0.2) is 30.5 Å². The Hall–Kier alpha value is -2.50. The number of nitrogens with one attached hydrogen (secondary N) is 1. The first-order chi connectivity index (χ1) is 12.2. The van der Waals surface area contributed by atoms with Crippen LogP contribution >= 0.6 is 12.4 Å². The van der Waals surface area contributed by atoms with Crippen LogP contribution in [0.15, 0.2) is 66.6 Å². The van der Waals surface area contributed by atoms with Crippen LogP contribution in [0.1, 0.15) is 12.5 Å². The van der Waals surface area contributed by atoms with Crippen molar-refractivity contribution in [1.82, 2.24) is 4.90 Å². The number of hydrogen-bond acceptors (Lipinski definition) is 4. The fourth-order valence-corrected chi connectivity index (χ4v) is 2.65. The van der Waals surface area contributed by atoms with Gasteiger partial charge in [0.2, 0.25) is 5.91 Å². The Labute approximate surface area is 160 Å². The third kappa shape index (κ3) is 6.10. The Morgan fingerprint density at radius 3 is 2.62 bits per heavy atom. The Morgan fingerprint density at radius 1 is 1.19 bits per heavy atom. The van der Waals surface area contributed by atoms with Crippen LogP contribution in [0.2, 0.25) is 0 Å². The van der Waals surface area contributed by atoms with Gasteiger partial charge in [0, 0.05) is 25.7 Å². The van der Waals surface area contributed by atoms with E-state index in [4.69, 9.17) is 9.47 Å². The van der Waals surface area contributed by atoms with Crippen LogP contribution in [0.4, 0.5) is 5.69 Å². The van der Waals surface area contributed by atoms with Crippen molar-refractivity contribution in [1.29, 1.82) is 0 Å². The van der Waals surface area contributed by atoms with E-state index in [1.165, 1.54) is 12.5 Å². The first kappa shape index (κ1) is 19.8. The maximum absolute atomic E-state index is 11.0. The van der Waals surface area contributed by atoms with Gasteiger partial charge >= 0.3 is 0 Å². The number of carbonyl (C=O) groups excluding carboxylic acids is 1. The lowest BCUT2D eigenvalue weighted by Gasteiger charge is -2.28. The second-order valence-corrected chi connectivity index (χ2v) is 5.95. The normalized spacial score (nSPS) is 15.7. The zero-order valence-electron chi connectivity index (χ0n) is 14.7. The first-order valence-electron chi connectivity index (χ1n) is 8.31. The molecule has 3 rings (SSSR count). The summed E-state index contributed by atoms with van der Waals surface area (Å²) in [6.07, 6.45) is 1.66. The number of anilines is 1. The highest BCUT2D eigenvalue weighted by molar-refractivity contribution is 5.88. The summed E-state index contributed by atoms with van der Waals surface area (Å²) >= 11 is 0. The predicted octanol–water partition coefficient (Wildman–Crippen LogP) is 3.82. The van der Waals surface area contributed by atoms with Crippen molar-refractivity contribution in [2.75, 3.05) is 25.0 Å². The van der Waals surface area contributed by atoms with Crippen LogP contribution in [0.3, 0.4) is 0 Å². The van der Waals surface area contributed by atoms with Gasteiger partial charge in [-0.2, -0.15) is 0 Å². The summed E-state index contributed by atoms with van der Waals surface area (Å²) in [6.45, 7) is 4.66. The molecule has 0 bridgehead atoms. The van der Waals surface area contributed by atoms with E-state index < -0.39 is 0 Å². The molecule has 1 fully saturated rings. The molecule has 0 radical (unpaired) electrons. The molecule has 0 aliphatic carbocycles. The number of rotatable bonds is 5. The maximum Gasteiger partial charge on any atom is 0.221 e. The molecule has 5 nitrogen and oxygen atoms in total. The van der Waals surface area contributed by atoms with Crippen molar-refractivity contribution < 1.29 is 14.3 Å². The van der Waals surface area contributed by atoms with Gasteiger partial charge in [0.1, 0.15) is 24.4 Å². The molecule has 0 saturated carbocycles. The summed E-state index contributed by atoms with van der Waals surface area (Å²) in [7, 11) is 0. The number of amides is 1. The molecule has 2 aromatic carbocycles. The zero-order chi connectivity index (χ0) is 17.5. The quantitative estimate of drug-likeness (QED) is 0.808. The van der Waals surface area contributed by atoms with Gasteiger partial charge < -0.3 is 14.8 Å². The lowest BCUT2D eigenvalue weighted by molar-refractivity contribution is -0.114. The number of halogens is 1. The average molecular weight is 375 g/mol. The van der Waals surface area contributed by atoms with E-state index in [1.54, 1.807) is 18.4 Å². The van der Waals surface area contributed by atoms with Crippen molar-refractivity contribution in [3.8, 4) is 5.75 Å². The molecule has 1 N–H and O–H groups in total. The smallest absolute Gasteiger partial charge is 0.221 e. The van der Waals surface area contributed by atoms with Crippen molar-refractivity contribution in [3.63, 3.8) is 0 Å². The van der Waals surface area contributed by atoms with E-state index in [9.17, 15) is 4.79 Å². The predicted molar refractivity (Wildman–Crippen MR) is 104 cm³/mol. The summed E-state index contributed by atoms with van der Waals surface area (Å²) in [5, 5.41) is 2.73. The molecule has 1 aliphatic rings. The Balaban J connectivity index is 0.00000243. The first-order valence-corrected chi connectivity index (χ1v) is 8.31. The fraction of sp³-hybridized carbons (Fsp3) is 0.250. The minimum Gasteiger partial charge on any atom is -0.492 e. The van der Waals surface area contributed by atoms with Gasteiger partial charge in [-0.1, -0.05) is 30.3 Å². The van der Waals surface area contributed by atoms with Crippen molar-refractivity contribution in [2.45, 2.75) is 13.5 Å². The summed E-state index contributed by atoms with van der Waals surface area (Å²) in [4.78, 5) is 13.3. The number of ether oxygens (including phenoxy) is 2. The summed E-state index contributed by atoms with van der Waals surface area (Å²) in [5.74, 6) is 1.42. The van der Waals surface area contributed by atoms with Crippen molar-refractivity contribution in [2.24, 2.45) is 0 Å². The maximum atomic E-state index is 11.0. The van der Waals surface area contributed by atoms with Crippen LogP contribution in [0.25, 0.3) is 0 Å². The molecule has 0 unspecified atom stereocenters. The van der Waals surface area contributed by atoms with Crippen LogP contribution in [0, 0.1) is 0 Å². The molecule has 0 atom stereocenters. The molecule has 1 amide bonds. The molecule has 0 aromatic heterocycles. The Bertz CT molecular complexity index is 732. The largest absolute Gasteiger partial charge is 0.492 e. The van der Waals surface area contributed by atoms with E-state index in [2.05, 4.69) is 34.5 Å². The van der Waals surface area contributed by atoms with Gasteiger partial charge in [-0.15, -0.1) is 12.4 Å². The third-order valence-corrected chi connectivity index (χ3v) is 3.82. The van der Waals surface area contributed by atoms with E-state index in [-0.39, 0.29) is 18.3 Å². The molecular formula is C20H23ClN2O3. The van der Waals surface area contributed by atoms with Gasteiger partial charge in [0.15, 0.2) is 0 Å². The SMILES string of the molecule is CC(=O)Nc1ccc(OC=C2CN(Cc3ccccc3)CCO2)cc1.Cl. The molecule has 138 valence electrons. The van der Waals surface area contributed by atoms with Crippen molar-refractivity contribution in [3.05, 3.63) is 72.2 Å². The molecule has 0 spiro atoms. The average Bonchev–Trinajstić information content (AvgIpc) is 2.62. The lowest BCUT2D eigenvalue weighted by Crippen LogP contribution is -2.34. The third-order valence-electron chi connectivity index (χ3n) is 3.82. The number of hydrogen-bond donors (Lipinski definition) is 1. The lowest BCUT2D eigenvalue weighted by atomic mass is 10.2. The highest BCUT2D eigenvalue weighted by Crippen LogP contribution is 2.18. The topological polar surface area (TPSA) is 50.8 Å². The zero-order valence-corrected chi connectivity index (χ0v) is 15.5. The van der Waals surface area contributed by atoms with Crippen LogP contribution in [0.5, 0.6) is 5.75 Å². The molecule has 1 heterocycles.